The maximum absolute atomic E-state index is 12.6. The lowest BCUT2D eigenvalue weighted by Crippen LogP contribution is -2.39. The standard InChI is InChI=1S/C22H25N3O3S/c1-14(2)28-17-11-9-16(10-12-17)21(27)23-13-20(26)25(4)15(3)22-24-18-7-5-6-8-19(18)29-22/h5-12,14-15H,13H2,1-4H3,(H,23,27)/t15-/m1/s1. The molecule has 0 spiro atoms. The minimum absolute atomic E-state index is 0.0697. The van der Waals surface area contributed by atoms with Crippen molar-refractivity contribution >= 4 is 33.4 Å². The van der Waals surface area contributed by atoms with Crippen LogP contribution in [0.1, 0.15) is 42.2 Å². The number of nitrogens with zero attached hydrogens (tertiary/aromatic N) is 2. The van der Waals surface area contributed by atoms with Crippen molar-refractivity contribution in [2.75, 3.05) is 13.6 Å². The Balaban J connectivity index is 1.57. The van der Waals surface area contributed by atoms with Crippen molar-refractivity contribution in [3.63, 3.8) is 0 Å². The first-order chi connectivity index (χ1) is 13.8. The molecule has 152 valence electrons. The highest BCUT2D eigenvalue weighted by Crippen LogP contribution is 2.28. The zero-order valence-corrected chi connectivity index (χ0v) is 17.8. The Labute approximate surface area is 174 Å². The van der Waals surface area contributed by atoms with Crippen LogP contribution in [0.15, 0.2) is 48.5 Å². The van der Waals surface area contributed by atoms with Crippen LogP contribution in [0.25, 0.3) is 10.2 Å². The average molecular weight is 412 g/mol. The van der Waals surface area contributed by atoms with Gasteiger partial charge in [-0.2, -0.15) is 0 Å². The second-order valence-corrected chi connectivity index (χ2v) is 8.14. The highest BCUT2D eigenvalue weighted by Gasteiger charge is 2.21. The van der Waals surface area contributed by atoms with Gasteiger partial charge in [0.2, 0.25) is 5.91 Å². The van der Waals surface area contributed by atoms with Crippen LogP contribution in [-0.4, -0.2) is 41.4 Å². The van der Waals surface area contributed by atoms with Crippen molar-refractivity contribution in [1.29, 1.82) is 0 Å². The molecule has 1 atom stereocenters. The zero-order valence-electron chi connectivity index (χ0n) is 17.0. The van der Waals surface area contributed by atoms with Crippen LogP contribution in [0.4, 0.5) is 0 Å². The number of carbonyl (C=O) groups is 2. The molecule has 0 saturated heterocycles. The molecule has 0 aliphatic heterocycles. The monoisotopic (exact) mass is 411 g/mol. The number of ether oxygens (including phenoxy) is 1. The molecule has 2 amide bonds. The largest absolute Gasteiger partial charge is 0.491 e. The quantitative estimate of drug-likeness (QED) is 0.637. The number of likely N-dealkylation sites (N-methyl/N-ethyl adjacent to an activating group) is 1. The van der Waals surface area contributed by atoms with Crippen LogP contribution in [-0.2, 0) is 4.79 Å². The summed E-state index contributed by atoms with van der Waals surface area (Å²) in [4.78, 5) is 31.1. The minimum Gasteiger partial charge on any atom is -0.491 e. The molecule has 7 heteroatoms. The van der Waals surface area contributed by atoms with Gasteiger partial charge in [0.1, 0.15) is 10.8 Å². The molecule has 0 bridgehead atoms. The first kappa shape index (κ1) is 20.8. The smallest absolute Gasteiger partial charge is 0.251 e. The second-order valence-electron chi connectivity index (χ2n) is 7.07. The molecule has 0 saturated carbocycles. The molecule has 29 heavy (non-hydrogen) atoms. The molecule has 0 fully saturated rings. The Hall–Kier alpha value is -2.93. The zero-order chi connectivity index (χ0) is 21.0. The van der Waals surface area contributed by atoms with Gasteiger partial charge in [0.15, 0.2) is 0 Å². The number of amides is 2. The summed E-state index contributed by atoms with van der Waals surface area (Å²) in [6.45, 7) is 5.75. The molecule has 2 aromatic carbocycles. The lowest BCUT2D eigenvalue weighted by molar-refractivity contribution is -0.130. The lowest BCUT2D eigenvalue weighted by atomic mass is 10.2. The number of benzene rings is 2. The van der Waals surface area contributed by atoms with Gasteiger partial charge in [-0.25, -0.2) is 4.98 Å². The summed E-state index contributed by atoms with van der Waals surface area (Å²) in [6.07, 6.45) is 0.0697. The topological polar surface area (TPSA) is 71.5 Å². The highest BCUT2D eigenvalue weighted by atomic mass is 32.1. The van der Waals surface area contributed by atoms with Crippen molar-refractivity contribution in [3.05, 3.63) is 59.1 Å². The molecule has 3 rings (SSSR count). The normalized spacial score (nSPS) is 12.0. The van der Waals surface area contributed by atoms with E-state index in [-0.39, 0.29) is 30.5 Å². The van der Waals surface area contributed by atoms with E-state index in [9.17, 15) is 9.59 Å². The lowest BCUT2D eigenvalue weighted by Gasteiger charge is -2.23. The van der Waals surface area contributed by atoms with Gasteiger partial charge in [-0.15, -0.1) is 11.3 Å². The molecule has 0 unspecified atom stereocenters. The number of rotatable bonds is 7. The van der Waals surface area contributed by atoms with Crippen LogP contribution in [0.2, 0.25) is 0 Å². The first-order valence-electron chi connectivity index (χ1n) is 9.51. The van der Waals surface area contributed by atoms with E-state index >= 15 is 0 Å². The number of nitrogens with one attached hydrogen (secondary N) is 1. The third-order valence-electron chi connectivity index (χ3n) is 4.53. The van der Waals surface area contributed by atoms with Gasteiger partial charge in [-0.1, -0.05) is 12.1 Å². The van der Waals surface area contributed by atoms with Crippen LogP contribution in [0.3, 0.4) is 0 Å². The van der Waals surface area contributed by atoms with E-state index in [1.807, 2.05) is 45.0 Å². The molecule has 0 aliphatic rings. The predicted molar refractivity (Wildman–Crippen MR) is 115 cm³/mol. The maximum Gasteiger partial charge on any atom is 0.251 e. The molecule has 3 aromatic rings. The van der Waals surface area contributed by atoms with Crippen LogP contribution >= 0.6 is 11.3 Å². The molecule has 0 aliphatic carbocycles. The maximum atomic E-state index is 12.6. The molecular weight excluding hydrogens is 386 g/mol. The summed E-state index contributed by atoms with van der Waals surface area (Å²) in [5.74, 6) is 0.234. The number of carbonyl (C=O) groups excluding carboxylic acids is 2. The van der Waals surface area contributed by atoms with Crippen molar-refractivity contribution in [1.82, 2.24) is 15.2 Å². The fourth-order valence-corrected chi connectivity index (χ4v) is 3.85. The van der Waals surface area contributed by atoms with E-state index in [0.717, 1.165) is 15.2 Å². The van der Waals surface area contributed by atoms with E-state index in [2.05, 4.69) is 10.3 Å². The number of fused-ring (bicyclic) bond motifs is 1. The highest BCUT2D eigenvalue weighted by molar-refractivity contribution is 7.18. The van der Waals surface area contributed by atoms with Crippen LogP contribution in [0, 0.1) is 0 Å². The Bertz CT molecular complexity index is 965. The summed E-state index contributed by atoms with van der Waals surface area (Å²) in [5.41, 5.74) is 1.41. The molecule has 1 aromatic heterocycles. The Kier molecular flexibility index (Phi) is 6.49. The Morgan fingerprint density at radius 3 is 2.45 bits per heavy atom. The molecule has 1 heterocycles. The molecule has 0 radical (unpaired) electrons. The molecular formula is C22H25N3O3S. The van der Waals surface area contributed by atoms with Crippen molar-refractivity contribution in [2.24, 2.45) is 0 Å². The van der Waals surface area contributed by atoms with E-state index in [4.69, 9.17) is 4.74 Å². The van der Waals surface area contributed by atoms with Gasteiger partial charge in [-0.05, 0) is 57.2 Å². The van der Waals surface area contributed by atoms with E-state index in [1.54, 1.807) is 47.5 Å². The van der Waals surface area contributed by atoms with Gasteiger partial charge >= 0.3 is 0 Å². The predicted octanol–water partition coefficient (Wildman–Crippen LogP) is 4.03. The van der Waals surface area contributed by atoms with Gasteiger partial charge in [-0.3, -0.25) is 9.59 Å². The summed E-state index contributed by atoms with van der Waals surface area (Å²) >= 11 is 1.57. The fourth-order valence-electron chi connectivity index (χ4n) is 2.79. The number of para-hydroxylation sites is 1. The summed E-state index contributed by atoms with van der Waals surface area (Å²) in [5, 5.41) is 3.55. The van der Waals surface area contributed by atoms with Crippen molar-refractivity contribution in [2.45, 2.75) is 32.9 Å². The van der Waals surface area contributed by atoms with Gasteiger partial charge < -0.3 is 15.0 Å². The SMILES string of the molecule is CC(C)Oc1ccc(C(=O)NCC(=O)N(C)[C@H](C)c2nc3ccccc3s2)cc1. The molecule has 1 N–H and O–H groups in total. The molecule has 6 nitrogen and oxygen atoms in total. The second kappa shape index (κ2) is 9.05. The third-order valence-corrected chi connectivity index (χ3v) is 5.74. The number of hydrogen-bond donors (Lipinski definition) is 1. The Morgan fingerprint density at radius 2 is 1.79 bits per heavy atom. The number of aromatic nitrogens is 1. The van der Waals surface area contributed by atoms with E-state index in [1.165, 1.54) is 0 Å². The van der Waals surface area contributed by atoms with Crippen LogP contribution < -0.4 is 10.1 Å². The van der Waals surface area contributed by atoms with Gasteiger partial charge in [0.25, 0.3) is 5.91 Å². The summed E-state index contributed by atoms with van der Waals surface area (Å²) in [6, 6.07) is 14.6. The van der Waals surface area contributed by atoms with Crippen molar-refractivity contribution < 1.29 is 14.3 Å². The van der Waals surface area contributed by atoms with Gasteiger partial charge in [0.05, 0.1) is 28.9 Å². The summed E-state index contributed by atoms with van der Waals surface area (Å²) in [7, 11) is 1.73. The third kappa shape index (κ3) is 5.12. The minimum atomic E-state index is -0.296. The first-order valence-corrected chi connectivity index (χ1v) is 10.3. The summed E-state index contributed by atoms with van der Waals surface area (Å²) < 4.78 is 6.66. The van der Waals surface area contributed by atoms with E-state index in [0.29, 0.717) is 11.3 Å². The van der Waals surface area contributed by atoms with Crippen molar-refractivity contribution in [3.8, 4) is 5.75 Å². The average Bonchev–Trinajstić information content (AvgIpc) is 3.15. The Morgan fingerprint density at radius 1 is 1.10 bits per heavy atom. The fraction of sp³-hybridized carbons (Fsp3) is 0.318. The van der Waals surface area contributed by atoms with Crippen LogP contribution in [0.5, 0.6) is 5.75 Å². The van der Waals surface area contributed by atoms with Gasteiger partial charge in [0, 0.05) is 12.6 Å². The number of hydrogen-bond acceptors (Lipinski definition) is 5. The number of thiazole rings is 1. The van der Waals surface area contributed by atoms with E-state index < -0.39 is 0 Å².